The molecule has 1 aliphatic heterocycles. The Labute approximate surface area is 115 Å². The van der Waals surface area contributed by atoms with Crippen LogP contribution in [0.1, 0.15) is 39.5 Å². The molecule has 1 aliphatic rings. The molecule has 0 atom stereocenters. The molecular weight excluding hydrogens is 244 g/mol. The third-order valence-electron chi connectivity index (χ3n) is 3.56. The second-order valence-electron chi connectivity index (χ2n) is 5.80. The van der Waals surface area contributed by atoms with Crippen LogP contribution in [0, 0.1) is 16.7 Å². The zero-order chi connectivity index (χ0) is 14.3. The molecule has 1 fully saturated rings. The molecule has 0 spiro atoms. The van der Waals surface area contributed by atoms with Gasteiger partial charge in [-0.2, -0.15) is 5.26 Å². The van der Waals surface area contributed by atoms with E-state index >= 15 is 0 Å². The minimum absolute atomic E-state index is 0.0799. The maximum absolute atomic E-state index is 10.4. The Morgan fingerprint density at radius 2 is 2.11 bits per heavy atom. The highest BCUT2D eigenvalue weighted by molar-refractivity contribution is 5.66. The molecule has 1 heterocycles. The lowest BCUT2D eigenvalue weighted by Crippen LogP contribution is -2.38. The number of rotatable bonds is 7. The summed E-state index contributed by atoms with van der Waals surface area (Å²) in [4.78, 5) is 12.7. The molecule has 1 rings (SSSR count). The third kappa shape index (κ3) is 6.55. The number of nitriles is 1. The molecule has 0 unspecified atom stereocenters. The van der Waals surface area contributed by atoms with Gasteiger partial charge in [0, 0.05) is 13.1 Å². The van der Waals surface area contributed by atoms with Gasteiger partial charge in [-0.25, -0.2) is 0 Å². The predicted octanol–water partition coefficient (Wildman–Crippen LogP) is 1.88. The number of nitrogens with zero attached hydrogens (tertiary/aromatic N) is 2. The summed E-state index contributed by atoms with van der Waals surface area (Å²) in [6, 6.07) is 2.32. The van der Waals surface area contributed by atoms with E-state index in [0.29, 0.717) is 6.61 Å². The molecular formula is C14H24N2O3. The Morgan fingerprint density at radius 1 is 1.47 bits per heavy atom. The highest BCUT2D eigenvalue weighted by Gasteiger charge is 2.22. The highest BCUT2D eigenvalue weighted by atomic mass is 16.5. The molecule has 0 radical (unpaired) electrons. The summed E-state index contributed by atoms with van der Waals surface area (Å²) in [5.41, 5.74) is -0.255. The van der Waals surface area contributed by atoms with Crippen molar-refractivity contribution in [2.75, 3.05) is 26.2 Å². The average Bonchev–Trinajstić information content (AvgIpc) is 2.37. The van der Waals surface area contributed by atoms with Gasteiger partial charge in [-0.3, -0.25) is 4.79 Å². The van der Waals surface area contributed by atoms with Crippen LogP contribution in [-0.2, 0) is 9.53 Å². The predicted molar refractivity (Wildman–Crippen MR) is 71.7 cm³/mol. The van der Waals surface area contributed by atoms with E-state index in [1.807, 2.05) is 13.8 Å². The minimum Gasteiger partial charge on any atom is -0.481 e. The quantitative estimate of drug-likeness (QED) is 0.763. The zero-order valence-electron chi connectivity index (χ0n) is 11.9. The topological polar surface area (TPSA) is 73.6 Å². The number of carboxylic acid groups (broad SMARTS) is 1. The normalized spacial score (nSPS) is 18.2. The lowest BCUT2D eigenvalue weighted by Gasteiger charge is -2.33. The number of piperidine rings is 1. The van der Waals surface area contributed by atoms with E-state index < -0.39 is 5.97 Å². The van der Waals surface area contributed by atoms with Crippen LogP contribution in [0.25, 0.3) is 0 Å². The number of carbonyl (C=O) groups is 1. The standard InChI is InChI=1S/C14H24N2O3/c1-14(2,11-15)6-9-16-7-3-12(4-8-16)19-10-5-13(17)18/h12H,3-10H2,1-2H3,(H,17,18). The summed E-state index contributed by atoms with van der Waals surface area (Å²) in [5.74, 6) is -0.809. The van der Waals surface area contributed by atoms with Crippen LogP contribution in [0.2, 0.25) is 0 Å². The Balaban J connectivity index is 2.15. The molecule has 0 amide bonds. The summed E-state index contributed by atoms with van der Waals surface area (Å²) < 4.78 is 5.55. The van der Waals surface area contributed by atoms with E-state index in [4.69, 9.17) is 15.1 Å². The molecule has 0 aromatic heterocycles. The van der Waals surface area contributed by atoms with Gasteiger partial charge in [-0.05, 0) is 39.7 Å². The summed E-state index contributed by atoms with van der Waals surface area (Å²) in [5, 5.41) is 17.5. The van der Waals surface area contributed by atoms with Crippen molar-refractivity contribution in [3.63, 3.8) is 0 Å². The van der Waals surface area contributed by atoms with Gasteiger partial charge < -0.3 is 14.7 Å². The lowest BCUT2D eigenvalue weighted by atomic mass is 9.91. The second-order valence-corrected chi connectivity index (χ2v) is 5.80. The average molecular weight is 268 g/mol. The molecule has 1 saturated heterocycles. The summed E-state index contributed by atoms with van der Waals surface area (Å²) in [7, 11) is 0. The Kier molecular flexibility index (Phi) is 6.26. The van der Waals surface area contributed by atoms with Crippen molar-refractivity contribution in [1.29, 1.82) is 5.26 Å². The van der Waals surface area contributed by atoms with Crippen molar-refractivity contribution >= 4 is 5.97 Å². The first-order valence-corrected chi connectivity index (χ1v) is 6.90. The first-order valence-electron chi connectivity index (χ1n) is 6.90. The van der Waals surface area contributed by atoms with Crippen LogP contribution >= 0.6 is 0 Å². The first-order chi connectivity index (χ1) is 8.93. The van der Waals surface area contributed by atoms with Crippen LogP contribution in [0.5, 0.6) is 0 Å². The fraction of sp³-hybridized carbons (Fsp3) is 0.857. The molecule has 0 saturated carbocycles. The third-order valence-corrected chi connectivity index (χ3v) is 3.56. The largest absolute Gasteiger partial charge is 0.481 e. The van der Waals surface area contributed by atoms with E-state index in [1.54, 1.807) is 0 Å². The highest BCUT2D eigenvalue weighted by Crippen LogP contribution is 2.21. The maximum Gasteiger partial charge on any atom is 0.305 e. The number of ether oxygens (including phenoxy) is 1. The summed E-state index contributed by atoms with van der Waals surface area (Å²) in [6.45, 7) is 7.13. The molecule has 0 bridgehead atoms. The number of carboxylic acids is 1. The van der Waals surface area contributed by atoms with E-state index in [9.17, 15) is 4.79 Å². The molecule has 19 heavy (non-hydrogen) atoms. The van der Waals surface area contributed by atoms with Gasteiger partial charge in [0.2, 0.25) is 0 Å². The van der Waals surface area contributed by atoms with Crippen LogP contribution < -0.4 is 0 Å². The van der Waals surface area contributed by atoms with Gasteiger partial charge in [0.05, 0.1) is 30.6 Å². The lowest BCUT2D eigenvalue weighted by molar-refractivity contribution is -0.138. The molecule has 0 aromatic carbocycles. The van der Waals surface area contributed by atoms with Gasteiger partial charge >= 0.3 is 5.97 Å². The monoisotopic (exact) mass is 268 g/mol. The summed E-state index contributed by atoms with van der Waals surface area (Å²) in [6.07, 6.45) is 3.06. The van der Waals surface area contributed by atoms with Crippen molar-refractivity contribution in [3.05, 3.63) is 0 Å². The first kappa shape index (κ1) is 15.9. The van der Waals surface area contributed by atoms with E-state index in [1.165, 1.54) is 0 Å². The van der Waals surface area contributed by atoms with E-state index in [2.05, 4.69) is 11.0 Å². The van der Waals surface area contributed by atoms with Gasteiger partial charge in [0.15, 0.2) is 0 Å². The second kappa shape index (κ2) is 7.46. The van der Waals surface area contributed by atoms with Crippen molar-refractivity contribution in [2.45, 2.75) is 45.6 Å². The van der Waals surface area contributed by atoms with Gasteiger partial charge in [-0.1, -0.05) is 0 Å². The molecule has 5 nitrogen and oxygen atoms in total. The Morgan fingerprint density at radius 3 is 2.63 bits per heavy atom. The van der Waals surface area contributed by atoms with Crippen LogP contribution in [0.3, 0.4) is 0 Å². The minimum atomic E-state index is -0.809. The van der Waals surface area contributed by atoms with Crippen molar-refractivity contribution in [1.82, 2.24) is 4.90 Å². The van der Waals surface area contributed by atoms with Gasteiger partial charge in [-0.15, -0.1) is 0 Å². The van der Waals surface area contributed by atoms with Crippen molar-refractivity contribution in [2.24, 2.45) is 5.41 Å². The molecule has 0 aliphatic carbocycles. The fourth-order valence-corrected chi connectivity index (χ4v) is 2.11. The number of hydrogen-bond acceptors (Lipinski definition) is 4. The molecule has 5 heteroatoms. The van der Waals surface area contributed by atoms with Gasteiger partial charge in [0.25, 0.3) is 0 Å². The maximum atomic E-state index is 10.4. The molecule has 1 N–H and O–H groups in total. The van der Waals surface area contributed by atoms with Gasteiger partial charge in [0.1, 0.15) is 0 Å². The molecule has 0 aromatic rings. The molecule has 108 valence electrons. The van der Waals surface area contributed by atoms with Crippen molar-refractivity contribution < 1.29 is 14.6 Å². The van der Waals surface area contributed by atoms with E-state index in [-0.39, 0.29) is 17.9 Å². The van der Waals surface area contributed by atoms with Crippen LogP contribution in [0.15, 0.2) is 0 Å². The van der Waals surface area contributed by atoms with Crippen LogP contribution in [-0.4, -0.2) is 48.3 Å². The smallest absolute Gasteiger partial charge is 0.305 e. The zero-order valence-corrected chi connectivity index (χ0v) is 11.9. The van der Waals surface area contributed by atoms with Crippen molar-refractivity contribution in [3.8, 4) is 6.07 Å². The number of likely N-dealkylation sites (tertiary alicyclic amines) is 1. The Hall–Kier alpha value is -1.12. The Bertz CT molecular complexity index is 328. The number of hydrogen-bond donors (Lipinski definition) is 1. The summed E-state index contributed by atoms with van der Waals surface area (Å²) >= 11 is 0. The fourth-order valence-electron chi connectivity index (χ4n) is 2.11. The SMILES string of the molecule is CC(C)(C#N)CCN1CCC(OCCC(=O)O)CC1. The van der Waals surface area contributed by atoms with Crippen LogP contribution in [0.4, 0.5) is 0 Å². The van der Waals surface area contributed by atoms with E-state index in [0.717, 1.165) is 38.9 Å². The number of aliphatic carboxylic acids is 1.